The van der Waals surface area contributed by atoms with Crippen LogP contribution in [0.2, 0.25) is 0 Å². The average Bonchev–Trinajstić information content (AvgIpc) is 2.90. The minimum absolute atomic E-state index is 0.0289. The molecule has 0 bridgehead atoms. The highest BCUT2D eigenvalue weighted by molar-refractivity contribution is 6.03. The van der Waals surface area contributed by atoms with Crippen LogP contribution in [0.1, 0.15) is 63.0 Å². The lowest BCUT2D eigenvalue weighted by atomic mass is 9.55. The first-order chi connectivity index (χ1) is 12.0. The van der Waals surface area contributed by atoms with Crippen molar-refractivity contribution in [2.75, 3.05) is 6.61 Å². The van der Waals surface area contributed by atoms with Crippen LogP contribution in [0.4, 0.5) is 0 Å². The van der Waals surface area contributed by atoms with Gasteiger partial charge in [0, 0.05) is 5.56 Å². The molecule has 0 aromatic heterocycles. The molecule has 25 heavy (non-hydrogen) atoms. The number of phenolic OH excluding ortho intramolecular Hbond substituents is 1. The van der Waals surface area contributed by atoms with Crippen LogP contribution in [0.3, 0.4) is 0 Å². The van der Waals surface area contributed by atoms with Gasteiger partial charge < -0.3 is 20.2 Å². The van der Waals surface area contributed by atoms with Crippen molar-refractivity contribution >= 4 is 5.71 Å². The number of oxime groups is 1. The molecular formula is C20H27NO4. The Hall–Kier alpha value is -1.75. The second-order valence-corrected chi connectivity index (χ2v) is 8.11. The maximum absolute atomic E-state index is 10.5. The van der Waals surface area contributed by atoms with E-state index in [1.165, 1.54) is 0 Å². The molecule has 2 saturated carbocycles. The Bertz CT molecular complexity index is 716. The Morgan fingerprint density at radius 1 is 1.28 bits per heavy atom. The topological polar surface area (TPSA) is 82.3 Å². The van der Waals surface area contributed by atoms with E-state index in [0.29, 0.717) is 42.2 Å². The highest BCUT2D eigenvalue weighted by Crippen LogP contribution is 2.61. The molecule has 2 fully saturated rings. The smallest absolute Gasteiger partial charge is 0.161 e. The molecule has 5 heteroatoms. The van der Waals surface area contributed by atoms with Crippen molar-refractivity contribution in [3.63, 3.8) is 0 Å². The van der Waals surface area contributed by atoms with E-state index in [2.05, 4.69) is 12.1 Å². The summed E-state index contributed by atoms with van der Waals surface area (Å²) in [4.78, 5) is 0. The minimum Gasteiger partial charge on any atom is -0.504 e. The van der Waals surface area contributed by atoms with Crippen LogP contribution in [0.5, 0.6) is 11.5 Å². The molecule has 0 unspecified atom stereocenters. The van der Waals surface area contributed by atoms with Crippen LogP contribution in [-0.2, 0) is 0 Å². The summed E-state index contributed by atoms with van der Waals surface area (Å²) in [6, 6.07) is 3.62. The Morgan fingerprint density at radius 3 is 2.80 bits per heavy atom. The van der Waals surface area contributed by atoms with Crippen molar-refractivity contribution in [3.8, 4) is 11.5 Å². The van der Waals surface area contributed by atoms with Gasteiger partial charge in [-0.05, 0) is 79.9 Å². The Kier molecular flexibility index (Phi) is 3.95. The number of hydrogen-bond donors (Lipinski definition) is 3. The second kappa shape index (κ2) is 5.90. The highest BCUT2D eigenvalue weighted by Gasteiger charge is 2.55. The first-order valence-electron chi connectivity index (χ1n) is 9.38. The lowest BCUT2D eigenvalue weighted by Crippen LogP contribution is -2.45. The molecule has 0 spiro atoms. The Morgan fingerprint density at radius 2 is 2.08 bits per heavy atom. The fourth-order valence-corrected chi connectivity index (χ4v) is 5.77. The van der Waals surface area contributed by atoms with Gasteiger partial charge in [0.15, 0.2) is 11.5 Å². The minimum atomic E-state index is -0.229. The number of rotatable bonds is 2. The number of benzene rings is 1. The monoisotopic (exact) mass is 345 g/mol. The summed E-state index contributed by atoms with van der Waals surface area (Å²) >= 11 is 0. The molecule has 0 amide bonds. The first-order valence-corrected chi connectivity index (χ1v) is 9.38. The number of hydrogen-bond acceptors (Lipinski definition) is 5. The summed E-state index contributed by atoms with van der Waals surface area (Å²) in [5.74, 6) is 1.77. The molecule has 5 atom stereocenters. The molecule has 0 saturated heterocycles. The number of nitrogens with zero attached hydrogens (tertiary/aromatic N) is 1. The van der Waals surface area contributed by atoms with Gasteiger partial charge in [0.25, 0.3) is 0 Å². The summed E-state index contributed by atoms with van der Waals surface area (Å²) < 4.78 is 5.58. The molecule has 4 rings (SSSR count). The molecule has 0 aliphatic heterocycles. The van der Waals surface area contributed by atoms with Crippen LogP contribution >= 0.6 is 0 Å². The van der Waals surface area contributed by atoms with Crippen LogP contribution in [0.25, 0.3) is 0 Å². The molecule has 0 heterocycles. The molecule has 1 aromatic carbocycles. The van der Waals surface area contributed by atoms with E-state index in [1.54, 1.807) is 6.07 Å². The molecule has 3 aliphatic rings. The molecular weight excluding hydrogens is 318 g/mol. The van der Waals surface area contributed by atoms with Crippen molar-refractivity contribution in [3.05, 3.63) is 23.3 Å². The van der Waals surface area contributed by atoms with Crippen LogP contribution in [0, 0.1) is 17.3 Å². The maximum atomic E-state index is 10.5. The van der Waals surface area contributed by atoms with Crippen LogP contribution < -0.4 is 4.74 Å². The van der Waals surface area contributed by atoms with Gasteiger partial charge in [-0.1, -0.05) is 12.1 Å². The summed E-state index contributed by atoms with van der Waals surface area (Å²) in [6.45, 7) is 4.61. The quantitative estimate of drug-likeness (QED) is 0.564. The van der Waals surface area contributed by atoms with Crippen molar-refractivity contribution in [2.24, 2.45) is 22.4 Å². The zero-order chi connectivity index (χ0) is 17.8. The van der Waals surface area contributed by atoms with Gasteiger partial charge in [-0.15, -0.1) is 0 Å². The average molecular weight is 345 g/mol. The van der Waals surface area contributed by atoms with Gasteiger partial charge in [-0.25, -0.2) is 0 Å². The Balaban J connectivity index is 1.79. The molecule has 3 aliphatic carbocycles. The zero-order valence-electron chi connectivity index (χ0n) is 14.9. The van der Waals surface area contributed by atoms with Gasteiger partial charge in [-0.2, -0.15) is 0 Å². The first kappa shape index (κ1) is 16.7. The van der Waals surface area contributed by atoms with Crippen molar-refractivity contribution in [1.29, 1.82) is 0 Å². The Labute approximate surface area is 148 Å². The van der Waals surface area contributed by atoms with E-state index in [0.717, 1.165) is 36.8 Å². The maximum Gasteiger partial charge on any atom is 0.161 e. The number of aliphatic hydroxyl groups excluding tert-OH is 1. The normalized spacial score (nSPS) is 38.1. The van der Waals surface area contributed by atoms with Gasteiger partial charge in [0.05, 0.1) is 18.4 Å². The largest absolute Gasteiger partial charge is 0.504 e. The van der Waals surface area contributed by atoms with E-state index in [1.807, 2.05) is 13.0 Å². The third kappa shape index (κ3) is 2.35. The molecule has 0 radical (unpaired) electrons. The summed E-state index contributed by atoms with van der Waals surface area (Å²) in [5, 5.41) is 33.9. The predicted molar refractivity (Wildman–Crippen MR) is 94.5 cm³/mol. The summed E-state index contributed by atoms with van der Waals surface area (Å²) in [6.07, 6.45) is 4.39. The highest BCUT2D eigenvalue weighted by atomic mass is 16.5. The standard InChI is InChI=1S/C20H27NO4/c1-3-25-18-10-12-11-6-7-20(2)15(4-5-19(20)23)13(11)8-16(21-24)14(12)9-17(18)22/h9-11,13,15,19,22-24H,3-8H2,1-2H3/b21-16+/t11-,13+,15-,19+,20-/m1/s1. The number of phenols is 1. The van der Waals surface area contributed by atoms with E-state index in [-0.39, 0.29) is 17.3 Å². The van der Waals surface area contributed by atoms with Gasteiger partial charge in [0.1, 0.15) is 0 Å². The predicted octanol–water partition coefficient (Wildman–Crippen LogP) is 3.64. The molecule has 1 aromatic rings. The van der Waals surface area contributed by atoms with Crippen LogP contribution in [-0.4, -0.2) is 33.8 Å². The van der Waals surface area contributed by atoms with Crippen molar-refractivity contribution in [2.45, 2.75) is 58.0 Å². The lowest BCUT2D eigenvalue weighted by molar-refractivity contribution is -0.0178. The van der Waals surface area contributed by atoms with Gasteiger partial charge >= 0.3 is 0 Å². The fraction of sp³-hybridized carbons (Fsp3) is 0.650. The number of aliphatic hydroxyl groups is 1. The third-order valence-electron chi connectivity index (χ3n) is 7.08. The van der Waals surface area contributed by atoms with Crippen molar-refractivity contribution < 1.29 is 20.2 Å². The summed E-state index contributed by atoms with van der Waals surface area (Å²) in [7, 11) is 0. The van der Waals surface area contributed by atoms with Gasteiger partial charge in [-0.3, -0.25) is 0 Å². The second-order valence-electron chi connectivity index (χ2n) is 8.11. The van der Waals surface area contributed by atoms with Crippen molar-refractivity contribution in [1.82, 2.24) is 0 Å². The number of ether oxygens (including phenoxy) is 1. The zero-order valence-corrected chi connectivity index (χ0v) is 14.9. The summed E-state index contributed by atoms with van der Waals surface area (Å²) in [5.41, 5.74) is 2.57. The van der Waals surface area contributed by atoms with Gasteiger partial charge in [0.2, 0.25) is 0 Å². The van der Waals surface area contributed by atoms with E-state index in [9.17, 15) is 15.4 Å². The van der Waals surface area contributed by atoms with E-state index in [4.69, 9.17) is 4.74 Å². The third-order valence-corrected chi connectivity index (χ3v) is 7.08. The van der Waals surface area contributed by atoms with Crippen LogP contribution in [0.15, 0.2) is 17.3 Å². The van der Waals surface area contributed by atoms with E-state index >= 15 is 0 Å². The number of fused-ring (bicyclic) bond motifs is 5. The van der Waals surface area contributed by atoms with E-state index < -0.39 is 0 Å². The SMILES string of the molecule is CCOc1cc2c(cc1O)/C(=N/O)C[C@H]1[C@@H]2CC[C@]2(C)[C@@H]1CC[C@@H]2O. The molecule has 136 valence electrons. The lowest BCUT2D eigenvalue weighted by Gasteiger charge is -2.50. The number of aromatic hydroxyl groups is 1. The molecule has 5 nitrogen and oxygen atoms in total. The fourth-order valence-electron chi connectivity index (χ4n) is 5.77. The molecule has 3 N–H and O–H groups in total.